The molecule has 0 aromatic heterocycles. The highest BCUT2D eigenvalue weighted by Gasteiger charge is 2.23. The summed E-state index contributed by atoms with van der Waals surface area (Å²) in [5.74, 6) is -1.12. The van der Waals surface area contributed by atoms with Crippen LogP contribution in [0.3, 0.4) is 0 Å². The lowest BCUT2D eigenvalue weighted by Gasteiger charge is -2.22. The normalized spacial score (nSPS) is 14.4. The van der Waals surface area contributed by atoms with Crippen LogP contribution in [0.25, 0.3) is 0 Å². The van der Waals surface area contributed by atoms with E-state index in [9.17, 15) is 14.7 Å². The third-order valence-corrected chi connectivity index (χ3v) is 4.01. The number of aromatic carboxylic acids is 1. The summed E-state index contributed by atoms with van der Waals surface area (Å²) in [5.41, 5.74) is 2.42. The molecule has 2 rings (SSSR count). The molecule has 1 aliphatic rings. The molecule has 0 aliphatic carbocycles. The molecule has 0 bridgehead atoms. The fourth-order valence-electron chi connectivity index (χ4n) is 2.03. The zero-order valence-electron chi connectivity index (χ0n) is 10.4. The molecule has 4 nitrogen and oxygen atoms in total. The highest BCUT2D eigenvalue weighted by molar-refractivity contribution is 8.02. The molecule has 5 heteroatoms. The van der Waals surface area contributed by atoms with E-state index in [1.807, 2.05) is 6.92 Å². The average molecular weight is 263 g/mol. The van der Waals surface area contributed by atoms with Crippen molar-refractivity contribution in [3.63, 3.8) is 0 Å². The van der Waals surface area contributed by atoms with Crippen molar-refractivity contribution in [3.8, 4) is 0 Å². The van der Waals surface area contributed by atoms with Crippen LogP contribution >= 0.6 is 11.8 Å². The van der Waals surface area contributed by atoms with Crippen LogP contribution in [-0.4, -0.2) is 24.0 Å². The number of likely N-dealkylation sites (N-methyl/N-ethyl adjacent to an activating group) is 1. The summed E-state index contributed by atoms with van der Waals surface area (Å²) in [6.45, 7) is 3.59. The van der Waals surface area contributed by atoms with E-state index in [2.05, 4.69) is 0 Å². The number of benzene rings is 1. The molecule has 1 heterocycles. The topological polar surface area (TPSA) is 57.6 Å². The van der Waals surface area contributed by atoms with Crippen molar-refractivity contribution in [3.05, 3.63) is 34.2 Å². The Morgan fingerprint density at radius 2 is 2.06 bits per heavy atom. The number of aryl methyl sites for hydroxylation is 1. The monoisotopic (exact) mass is 263 g/mol. The zero-order valence-corrected chi connectivity index (χ0v) is 11.2. The third kappa shape index (κ3) is 1.90. The van der Waals surface area contributed by atoms with Gasteiger partial charge in [-0.3, -0.25) is 4.79 Å². The molecule has 0 fully saturated rings. The minimum atomic E-state index is -0.971. The minimum Gasteiger partial charge on any atom is -0.478 e. The Balaban J connectivity index is 2.76. The molecule has 0 radical (unpaired) electrons. The smallest absolute Gasteiger partial charge is 0.336 e. The molecule has 1 N–H and O–H groups in total. The fraction of sp³-hybridized carbons (Fsp3) is 0.231. The van der Waals surface area contributed by atoms with Gasteiger partial charge in [0.05, 0.1) is 11.3 Å². The fourth-order valence-corrected chi connectivity index (χ4v) is 3.00. The van der Waals surface area contributed by atoms with Gasteiger partial charge in [0.25, 0.3) is 5.91 Å². The van der Waals surface area contributed by atoms with Crippen LogP contribution in [-0.2, 0) is 4.79 Å². The number of nitrogens with zero attached hydrogens (tertiary/aromatic N) is 1. The van der Waals surface area contributed by atoms with Crippen molar-refractivity contribution in [2.24, 2.45) is 0 Å². The van der Waals surface area contributed by atoms with Gasteiger partial charge in [-0.25, -0.2) is 4.79 Å². The summed E-state index contributed by atoms with van der Waals surface area (Å²) < 4.78 is 0. The molecule has 94 valence electrons. The van der Waals surface area contributed by atoms with Gasteiger partial charge in [-0.05, 0) is 36.4 Å². The molecule has 18 heavy (non-hydrogen) atoms. The SMILES string of the molecule is Cc1cc(C(=O)O)c(C)c2c1SC=CC(=O)N2C. The summed E-state index contributed by atoms with van der Waals surface area (Å²) in [6.07, 6.45) is 1.49. The molecule has 1 aromatic rings. The molecule has 0 saturated carbocycles. The molecule has 0 saturated heterocycles. The second-order valence-electron chi connectivity index (χ2n) is 4.17. The van der Waals surface area contributed by atoms with Crippen LogP contribution in [0, 0.1) is 13.8 Å². The Bertz CT molecular complexity index is 578. The number of carbonyl (C=O) groups is 2. The van der Waals surface area contributed by atoms with E-state index in [1.54, 1.807) is 25.4 Å². The molecule has 0 spiro atoms. The van der Waals surface area contributed by atoms with Gasteiger partial charge in [-0.15, -0.1) is 0 Å². The number of amides is 1. The lowest BCUT2D eigenvalue weighted by Crippen LogP contribution is -2.25. The lowest BCUT2D eigenvalue weighted by molar-refractivity contribution is -0.113. The third-order valence-electron chi connectivity index (χ3n) is 2.99. The van der Waals surface area contributed by atoms with Gasteiger partial charge in [0.1, 0.15) is 0 Å². The summed E-state index contributed by atoms with van der Waals surface area (Å²) in [4.78, 5) is 25.4. The highest BCUT2D eigenvalue weighted by Crippen LogP contribution is 2.39. The van der Waals surface area contributed by atoms with Crippen molar-refractivity contribution in [2.45, 2.75) is 18.7 Å². The molecular formula is C13H13NO3S. The van der Waals surface area contributed by atoms with E-state index in [-0.39, 0.29) is 11.5 Å². The van der Waals surface area contributed by atoms with Crippen LogP contribution in [0.2, 0.25) is 0 Å². The van der Waals surface area contributed by atoms with Gasteiger partial charge < -0.3 is 10.0 Å². The van der Waals surface area contributed by atoms with E-state index in [4.69, 9.17) is 0 Å². The first-order valence-electron chi connectivity index (χ1n) is 5.42. The number of thioether (sulfide) groups is 1. The first-order valence-corrected chi connectivity index (χ1v) is 6.30. The maximum absolute atomic E-state index is 11.8. The first kappa shape index (κ1) is 12.7. The van der Waals surface area contributed by atoms with Crippen molar-refractivity contribution >= 4 is 29.3 Å². The van der Waals surface area contributed by atoms with Gasteiger partial charge in [-0.1, -0.05) is 11.8 Å². The van der Waals surface area contributed by atoms with Gasteiger partial charge >= 0.3 is 5.97 Å². The molecule has 0 atom stereocenters. The average Bonchev–Trinajstić information content (AvgIpc) is 2.45. The quantitative estimate of drug-likeness (QED) is 0.846. The maximum Gasteiger partial charge on any atom is 0.336 e. The Morgan fingerprint density at radius 3 is 2.67 bits per heavy atom. The summed E-state index contributed by atoms with van der Waals surface area (Å²) in [5, 5.41) is 10.9. The van der Waals surface area contributed by atoms with Gasteiger partial charge in [0, 0.05) is 18.0 Å². The van der Waals surface area contributed by atoms with Crippen molar-refractivity contribution in [1.29, 1.82) is 0 Å². The first-order chi connectivity index (χ1) is 8.43. The summed E-state index contributed by atoms with van der Waals surface area (Å²) in [7, 11) is 1.66. The van der Waals surface area contributed by atoms with E-state index in [1.165, 1.54) is 22.7 Å². The number of carboxylic acid groups (broad SMARTS) is 1. The maximum atomic E-state index is 11.8. The van der Waals surface area contributed by atoms with Gasteiger partial charge in [-0.2, -0.15) is 0 Å². The zero-order chi connectivity index (χ0) is 13.4. The van der Waals surface area contributed by atoms with Crippen molar-refractivity contribution < 1.29 is 14.7 Å². The number of carbonyl (C=O) groups excluding carboxylic acids is 1. The largest absolute Gasteiger partial charge is 0.478 e. The lowest BCUT2D eigenvalue weighted by atomic mass is 10.0. The second-order valence-corrected chi connectivity index (χ2v) is 5.08. The van der Waals surface area contributed by atoms with Gasteiger partial charge in [0.15, 0.2) is 0 Å². The predicted molar refractivity (Wildman–Crippen MR) is 71.3 cm³/mol. The number of fused-ring (bicyclic) bond motifs is 1. The highest BCUT2D eigenvalue weighted by atomic mass is 32.2. The van der Waals surface area contributed by atoms with Crippen molar-refractivity contribution in [2.75, 3.05) is 11.9 Å². The van der Waals surface area contributed by atoms with Crippen LogP contribution in [0.5, 0.6) is 0 Å². The molecule has 1 aliphatic heterocycles. The van der Waals surface area contributed by atoms with Crippen LogP contribution in [0.15, 0.2) is 22.4 Å². The van der Waals surface area contributed by atoms with Crippen LogP contribution in [0.1, 0.15) is 21.5 Å². The Kier molecular flexibility index (Phi) is 3.17. The Hall–Kier alpha value is -1.75. The van der Waals surface area contributed by atoms with E-state index >= 15 is 0 Å². The number of anilines is 1. The Morgan fingerprint density at radius 1 is 1.39 bits per heavy atom. The second kappa shape index (κ2) is 4.49. The molecular weight excluding hydrogens is 250 g/mol. The van der Waals surface area contributed by atoms with E-state index < -0.39 is 5.97 Å². The number of hydrogen-bond donors (Lipinski definition) is 1. The summed E-state index contributed by atoms with van der Waals surface area (Å²) in [6, 6.07) is 1.65. The number of carboxylic acids is 1. The molecule has 0 unspecified atom stereocenters. The van der Waals surface area contributed by atoms with Gasteiger partial charge in [0.2, 0.25) is 0 Å². The Labute approximate surface area is 109 Å². The minimum absolute atomic E-state index is 0.147. The van der Waals surface area contributed by atoms with E-state index in [0.717, 1.165) is 10.5 Å². The van der Waals surface area contributed by atoms with Crippen LogP contribution < -0.4 is 4.90 Å². The van der Waals surface area contributed by atoms with Crippen LogP contribution in [0.4, 0.5) is 5.69 Å². The van der Waals surface area contributed by atoms with Crippen molar-refractivity contribution in [1.82, 2.24) is 0 Å². The van der Waals surface area contributed by atoms with E-state index in [0.29, 0.717) is 11.3 Å². The molecule has 1 aromatic carbocycles. The standard InChI is InChI=1S/C13H13NO3S/c1-7-6-9(13(16)17)8(2)11-12(7)18-5-4-10(15)14(11)3/h4-6H,1-3H3,(H,16,17). The summed E-state index contributed by atoms with van der Waals surface area (Å²) >= 11 is 1.44. The molecule has 1 amide bonds. The number of rotatable bonds is 1. The number of hydrogen-bond acceptors (Lipinski definition) is 3. The predicted octanol–water partition coefficient (Wildman–Crippen LogP) is 2.58.